The zero-order chi connectivity index (χ0) is 22.4. The Morgan fingerprint density at radius 1 is 1.16 bits per heavy atom. The Bertz CT molecular complexity index is 1310. The summed E-state index contributed by atoms with van der Waals surface area (Å²) in [6, 6.07) is 13.0. The monoisotopic (exact) mass is 465 g/mol. The molecule has 2 N–H and O–H groups in total. The third kappa shape index (κ3) is 3.62. The van der Waals surface area contributed by atoms with Crippen LogP contribution in [-0.2, 0) is 11.4 Å². The van der Waals surface area contributed by atoms with Gasteiger partial charge in [0, 0.05) is 28.0 Å². The number of fused-ring (bicyclic) bond motifs is 1. The molecule has 0 saturated carbocycles. The lowest BCUT2D eigenvalue weighted by atomic mass is 10.0. The van der Waals surface area contributed by atoms with Crippen LogP contribution in [0.2, 0.25) is 0 Å². The molecular formula is C23H20FN5OS2. The molecule has 0 radical (unpaired) electrons. The van der Waals surface area contributed by atoms with E-state index in [2.05, 4.69) is 15.3 Å². The number of hydrogen-bond acceptors (Lipinski definition) is 5. The highest BCUT2D eigenvalue weighted by Gasteiger charge is 2.35. The minimum Gasteiger partial charge on any atom is -0.593 e. The highest BCUT2D eigenvalue weighted by Crippen LogP contribution is 2.41. The van der Waals surface area contributed by atoms with E-state index in [1.54, 1.807) is 25.5 Å². The van der Waals surface area contributed by atoms with Crippen molar-refractivity contribution in [2.45, 2.75) is 13.0 Å². The zero-order valence-electron chi connectivity index (χ0n) is 17.4. The van der Waals surface area contributed by atoms with Crippen LogP contribution in [-0.4, -0.2) is 37.6 Å². The smallest absolute Gasteiger partial charge is 0.234 e. The first kappa shape index (κ1) is 20.9. The van der Waals surface area contributed by atoms with Gasteiger partial charge in [0.2, 0.25) is 5.96 Å². The minimum absolute atomic E-state index is 0.0329. The topological polar surface area (TPSA) is 88.0 Å². The van der Waals surface area contributed by atoms with E-state index < -0.39 is 17.4 Å². The Hall–Kier alpha value is -3.01. The number of thiophene rings is 1. The molecule has 32 heavy (non-hydrogen) atoms. The molecule has 1 fully saturated rings. The molecule has 1 saturated heterocycles. The summed E-state index contributed by atoms with van der Waals surface area (Å²) < 4.78 is 29.8. The number of halogens is 1. The largest absolute Gasteiger partial charge is 0.593 e. The second kappa shape index (κ2) is 8.16. The predicted molar refractivity (Wildman–Crippen MR) is 127 cm³/mol. The molecule has 6 nitrogen and oxygen atoms in total. The molecule has 0 amide bonds. The van der Waals surface area contributed by atoms with Gasteiger partial charge < -0.3 is 9.87 Å². The standard InChI is InChI=1S/C23H20FN5OS2/c1-13-10-26-22(27-11-13)15-8-6-14(7-9-15)16-4-3-5-17-19(24)21(31-20(16)17)18-12-32(30)29(2)23(25)28-18/h3-11,18H,12H2,1-2H3,(H2,25,28). The summed E-state index contributed by atoms with van der Waals surface area (Å²) in [5.74, 6) is 0.603. The van der Waals surface area contributed by atoms with E-state index in [1.807, 2.05) is 43.3 Å². The lowest BCUT2D eigenvalue weighted by Gasteiger charge is -2.32. The fourth-order valence-corrected chi connectivity index (χ4v) is 6.08. The van der Waals surface area contributed by atoms with E-state index in [0.29, 0.717) is 16.1 Å². The summed E-state index contributed by atoms with van der Waals surface area (Å²) in [7, 11) is 1.59. The third-order valence-electron chi connectivity index (χ3n) is 5.47. The number of nitrogens with zero attached hydrogens (tertiary/aromatic N) is 3. The van der Waals surface area contributed by atoms with Crippen LogP contribution in [0.5, 0.6) is 0 Å². The van der Waals surface area contributed by atoms with Gasteiger partial charge in [0.25, 0.3) is 0 Å². The lowest BCUT2D eigenvalue weighted by molar-refractivity contribution is 0.500. The molecule has 2 unspecified atom stereocenters. The molecule has 4 aromatic rings. The van der Waals surface area contributed by atoms with E-state index in [9.17, 15) is 4.55 Å². The van der Waals surface area contributed by atoms with Gasteiger partial charge in [-0.25, -0.2) is 14.4 Å². The lowest BCUT2D eigenvalue weighted by Crippen LogP contribution is -2.51. The van der Waals surface area contributed by atoms with Crippen molar-refractivity contribution in [2.75, 3.05) is 12.8 Å². The van der Waals surface area contributed by atoms with Gasteiger partial charge in [-0.3, -0.25) is 5.41 Å². The Kier molecular flexibility index (Phi) is 5.32. The molecule has 2 aromatic heterocycles. The van der Waals surface area contributed by atoms with Crippen LogP contribution in [0.25, 0.3) is 32.6 Å². The zero-order valence-corrected chi connectivity index (χ0v) is 19.1. The van der Waals surface area contributed by atoms with Crippen LogP contribution in [0.3, 0.4) is 0 Å². The molecule has 2 aromatic carbocycles. The Morgan fingerprint density at radius 3 is 2.53 bits per heavy atom. The quantitative estimate of drug-likeness (QED) is 0.430. The van der Waals surface area contributed by atoms with Crippen molar-refractivity contribution in [1.82, 2.24) is 19.6 Å². The summed E-state index contributed by atoms with van der Waals surface area (Å²) in [5.41, 5.74) is 3.81. The maximum absolute atomic E-state index is 15.3. The van der Waals surface area contributed by atoms with Crippen molar-refractivity contribution in [2.24, 2.45) is 0 Å². The summed E-state index contributed by atoms with van der Waals surface area (Å²) in [6.07, 6.45) is 3.58. The molecule has 2 atom stereocenters. The van der Waals surface area contributed by atoms with Crippen molar-refractivity contribution < 1.29 is 8.94 Å². The third-order valence-corrected chi connectivity index (χ3v) is 8.21. The van der Waals surface area contributed by atoms with Gasteiger partial charge in [-0.15, -0.1) is 11.3 Å². The van der Waals surface area contributed by atoms with Crippen molar-refractivity contribution >= 4 is 38.7 Å². The normalized spacial score (nSPS) is 18.8. The van der Waals surface area contributed by atoms with Gasteiger partial charge in [-0.05, 0) is 23.6 Å². The van der Waals surface area contributed by atoms with Crippen LogP contribution in [0, 0.1) is 18.2 Å². The van der Waals surface area contributed by atoms with E-state index in [0.717, 1.165) is 27.0 Å². The molecule has 0 aliphatic carbocycles. The number of nitrogens with one attached hydrogen (secondary N) is 2. The van der Waals surface area contributed by atoms with Crippen molar-refractivity contribution in [3.8, 4) is 22.5 Å². The van der Waals surface area contributed by atoms with E-state index in [1.165, 1.54) is 15.6 Å². The summed E-state index contributed by atoms with van der Waals surface area (Å²) in [4.78, 5) is 9.22. The Balaban J connectivity index is 1.52. The fourth-order valence-electron chi connectivity index (χ4n) is 3.69. The SMILES string of the molecule is Cc1cnc(-c2ccc(-c3cccc4c(F)c(C5C[S+]([O-])N(C)C(=N)N5)sc34)cc2)nc1. The average Bonchev–Trinajstić information content (AvgIpc) is 3.14. The van der Waals surface area contributed by atoms with Crippen LogP contribution >= 0.6 is 11.3 Å². The summed E-state index contributed by atoms with van der Waals surface area (Å²) >= 11 is -0.0174. The van der Waals surface area contributed by atoms with Gasteiger partial charge in [0.05, 0.1) is 23.3 Å². The number of rotatable bonds is 3. The molecule has 0 bridgehead atoms. The van der Waals surface area contributed by atoms with Gasteiger partial charge >= 0.3 is 0 Å². The van der Waals surface area contributed by atoms with Crippen LogP contribution < -0.4 is 5.32 Å². The van der Waals surface area contributed by atoms with Crippen LogP contribution in [0.15, 0.2) is 54.9 Å². The van der Waals surface area contributed by atoms with E-state index >= 15 is 4.39 Å². The highest BCUT2D eigenvalue weighted by molar-refractivity contribution is 7.89. The number of hydrogen-bond donors (Lipinski definition) is 2. The van der Waals surface area contributed by atoms with Gasteiger partial charge in [-0.1, -0.05) is 42.5 Å². The first-order valence-electron chi connectivity index (χ1n) is 10.00. The molecule has 162 valence electrons. The van der Waals surface area contributed by atoms with Gasteiger partial charge in [0.1, 0.15) is 11.9 Å². The average molecular weight is 466 g/mol. The predicted octanol–water partition coefficient (Wildman–Crippen LogP) is 4.65. The molecule has 3 heterocycles. The highest BCUT2D eigenvalue weighted by atomic mass is 32.2. The first-order valence-corrected chi connectivity index (χ1v) is 12.1. The van der Waals surface area contributed by atoms with Crippen LogP contribution in [0.1, 0.15) is 16.5 Å². The van der Waals surface area contributed by atoms with E-state index in [4.69, 9.17) is 5.41 Å². The molecule has 9 heteroatoms. The maximum atomic E-state index is 15.3. The van der Waals surface area contributed by atoms with E-state index in [-0.39, 0.29) is 17.5 Å². The molecular weight excluding hydrogens is 445 g/mol. The molecule has 5 rings (SSSR count). The summed E-state index contributed by atoms with van der Waals surface area (Å²) in [6.45, 7) is 1.95. The van der Waals surface area contributed by atoms with Crippen LogP contribution in [0.4, 0.5) is 4.39 Å². The molecule has 0 spiro atoms. The minimum atomic E-state index is -1.36. The Labute approximate surface area is 192 Å². The summed E-state index contributed by atoms with van der Waals surface area (Å²) in [5, 5.41) is 11.5. The van der Waals surface area contributed by atoms with Crippen molar-refractivity contribution in [3.63, 3.8) is 0 Å². The number of benzene rings is 2. The second-order valence-electron chi connectivity index (χ2n) is 7.66. The Morgan fingerprint density at radius 2 is 1.84 bits per heavy atom. The van der Waals surface area contributed by atoms with Crippen molar-refractivity contribution in [1.29, 1.82) is 5.41 Å². The second-order valence-corrected chi connectivity index (χ2v) is 10.2. The van der Waals surface area contributed by atoms with Crippen molar-refractivity contribution in [3.05, 3.63) is 71.1 Å². The number of guanidine groups is 1. The fraction of sp³-hybridized carbons (Fsp3) is 0.174. The first-order chi connectivity index (χ1) is 15.4. The van der Waals surface area contributed by atoms with Gasteiger partial charge in [-0.2, -0.15) is 4.31 Å². The number of aryl methyl sites for hydroxylation is 1. The molecule has 1 aliphatic heterocycles. The maximum Gasteiger partial charge on any atom is 0.234 e. The van der Waals surface area contributed by atoms with Gasteiger partial charge in [0.15, 0.2) is 11.6 Å². The number of aromatic nitrogens is 2. The molecule has 1 aliphatic rings.